The third-order valence-corrected chi connectivity index (χ3v) is 3.19. The summed E-state index contributed by atoms with van der Waals surface area (Å²) in [5, 5.41) is 3.51. The highest BCUT2D eigenvalue weighted by Gasteiger charge is 2.36. The molecule has 0 unspecified atom stereocenters. The van der Waals surface area contributed by atoms with Crippen LogP contribution in [-0.4, -0.2) is 15.5 Å². The maximum absolute atomic E-state index is 4.58. The zero-order valence-corrected chi connectivity index (χ0v) is 9.40. The van der Waals surface area contributed by atoms with Crippen LogP contribution < -0.4 is 5.32 Å². The Balaban J connectivity index is 1.81. The number of hydrogen-bond donors (Lipinski definition) is 1. The number of hydrogen-bond acceptors (Lipinski definition) is 3. The van der Waals surface area contributed by atoms with Crippen LogP contribution in [0, 0.1) is 0 Å². The maximum Gasteiger partial charge on any atom is 0.0890 e. The first-order valence-electron chi connectivity index (χ1n) is 5.71. The predicted octanol–water partition coefficient (Wildman–Crippen LogP) is 2.27. The van der Waals surface area contributed by atoms with Crippen molar-refractivity contribution in [3.63, 3.8) is 0 Å². The Labute approximate surface area is 94.9 Å². The normalized spacial score (nSPS) is 17.6. The molecule has 2 aromatic rings. The van der Waals surface area contributed by atoms with Crippen LogP contribution in [0.2, 0.25) is 0 Å². The molecule has 3 rings (SSSR count). The van der Waals surface area contributed by atoms with Crippen molar-refractivity contribution in [2.24, 2.45) is 0 Å². The average molecular weight is 213 g/mol. The summed E-state index contributed by atoms with van der Waals surface area (Å²) in [6.45, 7) is 3.07. The van der Waals surface area contributed by atoms with E-state index in [0.29, 0.717) is 5.54 Å². The monoisotopic (exact) mass is 213 g/mol. The van der Waals surface area contributed by atoms with Crippen LogP contribution in [0.3, 0.4) is 0 Å². The number of aromatic nitrogens is 2. The van der Waals surface area contributed by atoms with Crippen molar-refractivity contribution < 1.29 is 0 Å². The van der Waals surface area contributed by atoms with Crippen LogP contribution in [-0.2, 0) is 6.54 Å². The van der Waals surface area contributed by atoms with Crippen LogP contribution in [0.25, 0.3) is 11.0 Å². The standard InChI is InChI=1S/C13H15N3/c1-13(6-7-13)15-9-10-8-14-11-4-2-3-5-12(11)16-10/h2-5,8,15H,6-7,9H2,1H3. The minimum Gasteiger partial charge on any atom is -0.306 e. The Bertz CT molecular complexity index is 517. The van der Waals surface area contributed by atoms with Gasteiger partial charge < -0.3 is 5.32 Å². The smallest absolute Gasteiger partial charge is 0.0890 e. The molecule has 1 aromatic heterocycles. The molecule has 0 spiro atoms. The summed E-state index contributed by atoms with van der Waals surface area (Å²) < 4.78 is 0. The minimum atomic E-state index is 0.354. The van der Waals surface area contributed by atoms with Crippen LogP contribution >= 0.6 is 0 Å². The molecule has 0 radical (unpaired) electrons. The predicted molar refractivity (Wildman–Crippen MR) is 64.0 cm³/mol. The molecule has 0 saturated heterocycles. The maximum atomic E-state index is 4.58. The highest BCUT2D eigenvalue weighted by Crippen LogP contribution is 2.34. The Morgan fingerprint density at radius 1 is 1.25 bits per heavy atom. The highest BCUT2D eigenvalue weighted by molar-refractivity contribution is 5.73. The summed E-state index contributed by atoms with van der Waals surface area (Å²) in [6.07, 6.45) is 4.41. The fraction of sp³-hybridized carbons (Fsp3) is 0.385. The van der Waals surface area contributed by atoms with Gasteiger partial charge in [-0.3, -0.25) is 4.98 Å². The largest absolute Gasteiger partial charge is 0.306 e. The van der Waals surface area contributed by atoms with Crippen LogP contribution in [0.5, 0.6) is 0 Å². The molecule has 0 aliphatic heterocycles. The summed E-state index contributed by atoms with van der Waals surface area (Å²) in [6, 6.07) is 7.98. The molecule has 3 nitrogen and oxygen atoms in total. The van der Waals surface area contributed by atoms with E-state index < -0.39 is 0 Å². The van der Waals surface area contributed by atoms with Gasteiger partial charge >= 0.3 is 0 Å². The number of para-hydroxylation sites is 2. The van der Waals surface area contributed by atoms with Crippen molar-refractivity contribution in [3.05, 3.63) is 36.2 Å². The lowest BCUT2D eigenvalue weighted by Gasteiger charge is -2.10. The van der Waals surface area contributed by atoms with Crippen molar-refractivity contribution in [2.45, 2.75) is 31.8 Å². The Morgan fingerprint density at radius 3 is 2.75 bits per heavy atom. The zero-order chi connectivity index (χ0) is 11.0. The van der Waals surface area contributed by atoms with Gasteiger partial charge in [-0.25, -0.2) is 4.98 Å². The van der Waals surface area contributed by atoms with Gasteiger partial charge in [-0.1, -0.05) is 12.1 Å². The summed E-state index contributed by atoms with van der Waals surface area (Å²) in [4.78, 5) is 8.98. The van der Waals surface area contributed by atoms with E-state index in [2.05, 4.69) is 22.2 Å². The second kappa shape index (κ2) is 3.52. The molecule has 1 aliphatic carbocycles. The van der Waals surface area contributed by atoms with Gasteiger partial charge in [0.1, 0.15) is 0 Å². The van der Waals surface area contributed by atoms with E-state index in [1.807, 2.05) is 30.5 Å². The van der Waals surface area contributed by atoms with Crippen LogP contribution in [0.4, 0.5) is 0 Å². The molecule has 82 valence electrons. The van der Waals surface area contributed by atoms with Gasteiger partial charge in [-0.2, -0.15) is 0 Å². The van der Waals surface area contributed by atoms with Gasteiger partial charge in [0.05, 0.1) is 22.9 Å². The zero-order valence-electron chi connectivity index (χ0n) is 9.40. The molecule has 1 heterocycles. The summed E-state index contributed by atoms with van der Waals surface area (Å²) >= 11 is 0. The van der Waals surface area contributed by atoms with Crippen LogP contribution in [0.1, 0.15) is 25.5 Å². The lowest BCUT2D eigenvalue weighted by atomic mass is 10.3. The van der Waals surface area contributed by atoms with Crippen molar-refractivity contribution in [1.29, 1.82) is 0 Å². The topological polar surface area (TPSA) is 37.8 Å². The highest BCUT2D eigenvalue weighted by atomic mass is 15.0. The van der Waals surface area contributed by atoms with Gasteiger partial charge in [-0.05, 0) is 31.9 Å². The van der Waals surface area contributed by atoms with E-state index in [1.165, 1.54) is 12.8 Å². The SMILES string of the molecule is CC1(NCc2cnc3ccccc3n2)CC1. The molecule has 1 saturated carbocycles. The fourth-order valence-corrected chi connectivity index (χ4v) is 1.75. The summed E-state index contributed by atoms with van der Waals surface area (Å²) in [5.41, 5.74) is 3.31. The number of nitrogens with zero attached hydrogens (tertiary/aromatic N) is 2. The van der Waals surface area contributed by atoms with E-state index in [-0.39, 0.29) is 0 Å². The molecule has 1 aliphatic rings. The third-order valence-electron chi connectivity index (χ3n) is 3.19. The van der Waals surface area contributed by atoms with Gasteiger partial charge in [-0.15, -0.1) is 0 Å². The number of rotatable bonds is 3. The molecule has 16 heavy (non-hydrogen) atoms. The number of benzene rings is 1. The van der Waals surface area contributed by atoms with Gasteiger partial charge in [0.15, 0.2) is 0 Å². The van der Waals surface area contributed by atoms with Crippen molar-refractivity contribution in [3.8, 4) is 0 Å². The van der Waals surface area contributed by atoms with E-state index in [1.54, 1.807) is 0 Å². The molecule has 1 N–H and O–H groups in total. The first-order valence-corrected chi connectivity index (χ1v) is 5.71. The number of fused-ring (bicyclic) bond motifs is 1. The second-order valence-corrected chi connectivity index (χ2v) is 4.76. The quantitative estimate of drug-likeness (QED) is 0.850. The first-order chi connectivity index (χ1) is 7.75. The molecule has 1 aromatic carbocycles. The van der Waals surface area contributed by atoms with Crippen molar-refractivity contribution in [2.75, 3.05) is 0 Å². The second-order valence-electron chi connectivity index (χ2n) is 4.76. The van der Waals surface area contributed by atoms with E-state index in [4.69, 9.17) is 0 Å². The van der Waals surface area contributed by atoms with Crippen molar-refractivity contribution >= 4 is 11.0 Å². The fourth-order valence-electron chi connectivity index (χ4n) is 1.75. The van der Waals surface area contributed by atoms with Gasteiger partial charge in [0.2, 0.25) is 0 Å². The van der Waals surface area contributed by atoms with E-state index in [9.17, 15) is 0 Å². The van der Waals surface area contributed by atoms with Gasteiger partial charge in [0, 0.05) is 12.1 Å². The summed E-state index contributed by atoms with van der Waals surface area (Å²) in [5.74, 6) is 0. The molecular weight excluding hydrogens is 198 g/mol. The lowest BCUT2D eigenvalue weighted by Crippen LogP contribution is -2.27. The van der Waals surface area contributed by atoms with E-state index >= 15 is 0 Å². The molecule has 1 fully saturated rings. The van der Waals surface area contributed by atoms with E-state index in [0.717, 1.165) is 23.3 Å². The Morgan fingerprint density at radius 2 is 2.00 bits per heavy atom. The number of nitrogens with one attached hydrogen (secondary N) is 1. The molecule has 0 amide bonds. The minimum absolute atomic E-state index is 0.354. The average Bonchev–Trinajstić information content (AvgIpc) is 3.05. The molecular formula is C13H15N3. The molecule has 3 heteroatoms. The lowest BCUT2D eigenvalue weighted by molar-refractivity contribution is 0.532. The van der Waals surface area contributed by atoms with Gasteiger partial charge in [0.25, 0.3) is 0 Å². The molecule has 0 atom stereocenters. The Kier molecular flexibility index (Phi) is 2.14. The Hall–Kier alpha value is -1.48. The first kappa shape index (κ1) is 9.73. The third kappa shape index (κ3) is 1.91. The van der Waals surface area contributed by atoms with Crippen molar-refractivity contribution in [1.82, 2.24) is 15.3 Å². The van der Waals surface area contributed by atoms with Crippen LogP contribution in [0.15, 0.2) is 30.5 Å². The summed E-state index contributed by atoms with van der Waals surface area (Å²) in [7, 11) is 0. The molecule has 0 bridgehead atoms.